The average molecular weight is 272 g/mol. The van der Waals surface area contributed by atoms with Crippen molar-refractivity contribution in [1.82, 2.24) is 5.32 Å². The van der Waals surface area contributed by atoms with E-state index in [2.05, 4.69) is 5.32 Å². The van der Waals surface area contributed by atoms with Gasteiger partial charge in [0.25, 0.3) is 5.91 Å². The topological polar surface area (TPSA) is 115 Å². The van der Waals surface area contributed by atoms with Gasteiger partial charge >= 0.3 is 5.69 Å². The van der Waals surface area contributed by atoms with Crippen molar-refractivity contribution >= 4 is 29.1 Å². The number of halogens is 1. The highest BCUT2D eigenvalue weighted by Crippen LogP contribution is 2.27. The van der Waals surface area contributed by atoms with Gasteiger partial charge in [-0.05, 0) is 12.1 Å². The number of hydrogen-bond donors (Lipinski definition) is 2. The van der Waals surface area contributed by atoms with E-state index >= 15 is 0 Å². The summed E-state index contributed by atoms with van der Waals surface area (Å²) < 4.78 is 0. The van der Waals surface area contributed by atoms with Gasteiger partial charge in [-0.1, -0.05) is 17.7 Å². The standard InChI is InChI=1S/C10H10ClN3O4/c11-7-3-1-2-6(9(7)14(17)18)10(16)13-5-4-8(12)15/h1-3H,4-5H2,(H2,12,15)(H,13,16). The quantitative estimate of drug-likeness (QED) is 0.610. The third-order valence-corrected chi connectivity index (χ3v) is 2.38. The number of benzene rings is 1. The Hall–Kier alpha value is -2.15. The van der Waals surface area contributed by atoms with E-state index in [1.165, 1.54) is 18.2 Å². The molecule has 3 N–H and O–H groups in total. The first-order valence-corrected chi connectivity index (χ1v) is 5.30. The minimum Gasteiger partial charge on any atom is -0.370 e. The minimum absolute atomic E-state index is 0.0117. The molecule has 1 aromatic carbocycles. The van der Waals surface area contributed by atoms with E-state index < -0.39 is 22.4 Å². The molecule has 0 atom stereocenters. The second kappa shape index (κ2) is 5.97. The average Bonchev–Trinajstić information content (AvgIpc) is 2.27. The van der Waals surface area contributed by atoms with E-state index in [1.54, 1.807) is 0 Å². The summed E-state index contributed by atoms with van der Waals surface area (Å²) in [4.78, 5) is 32.2. The first kappa shape index (κ1) is 13.9. The van der Waals surface area contributed by atoms with Crippen LogP contribution < -0.4 is 11.1 Å². The van der Waals surface area contributed by atoms with Gasteiger partial charge in [0.1, 0.15) is 10.6 Å². The van der Waals surface area contributed by atoms with Crippen LogP contribution in [-0.2, 0) is 4.79 Å². The molecule has 1 rings (SSSR count). The SMILES string of the molecule is NC(=O)CCNC(=O)c1cccc(Cl)c1[N+](=O)[O-]. The second-order valence-corrected chi connectivity index (χ2v) is 3.77. The number of amides is 2. The maximum atomic E-state index is 11.7. The summed E-state index contributed by atoms with van der Waals surface area (Å²) in [5.41, 5.74) is 4.28. The number of carbonyl (C=O) groups is 2. The van der Waals surface area contributed by atoms with Crippen LogP contribution in [0.15, 0.2) is 18.2 Å². The van der Waals surface area contributed by atoms with E-state index in [1.807, 2.05) is 0 Å². The maximum Gasteiger partial charge on any atom is 0.300 e. The molecule has 0 aliphatic heterocycles. The van der Waals surface area contributed by atoms with Gasteiger partial charge in [-0.2, -0.15) is 0 Å². The van der Waals surface area contributed by atoms with Crippen LogP contribution in [-0.4, -0.2) is 23.3 Å². The van der Waals surface area contributed by atoms with Gasteiger partial charge in [-0.3, -0.25) is 19.7 Å². The van der Waals surface area contributed by atoms with Gasteiger partial charge in [0.15, 0.2) is 0 Å². The minimum atomic E-state index is -0.731. The molecule has 0 bridgehead atoms. The summed E-state index contributed by atoms with van der Waals surface area (Å²) in [5, 5.41) is 13.0. The summed E-state index contributed by atoms with van der Waals surface area (Å²) in [5.74, 6) is -1.25. The fraction of sp³-hybridized carbons (Fsp3) is 0.200. The van der Waals surface area contributed by atoms with Crippen molar-refractivity contribution in [2.75, 3.05) is 6.54 Å². The first-order valence-electron chi connectivity index (χ1n) is 4.93. The van der Waals surface area contributed by atoms with Gasteiger partial charge < -0.3 is 11.1 Å². The van der Waals surface area contributed by atoms with Crippen LogP contribution in [0.2, 0.25) is 5.02 Å². The van der Waals surface area contributed by atoms with Crippen LogP contribution in [0.1, 0.15) is 16.8 Å². The normalized spacial score (nSPS) is 9.83. The predicted octanol–water partition coefficient (Wildman–Crippen LogP) is 0.853. The number of carbonyl (C=O) groups excluding carboxylic acids is 2. The van der Waals surface area contributed by atoms with Crippen LogP contribution in [0.25, 0.3) is 0 Å². The lowest BCUT2D eigenvalue weighted by atomic mass is 10.1. The lowest BCUT2D eigenvalue weighted by Crippen LogP contribution is -2.28. The van der Waals surface area contributed by atoms with E-state index in [-0.39, 0.29) is 23.6 Å². The highest BCUT2D eigenvalue weighted by Gasteiger charge is 2.23. The summed E-state index contributed by atoms with van der Waals surface area (Å²) in [6.45, 7) is 0.0117. The van der Waals surface area contributed by atoms with Gasteiger partial charge in [-0.15, -0.1) is 0 Å². The summed E-state index contributed by atoms with van der Waals surface area (Å²) in [6, 6.07) is 4.03. The Bertz CT molecular complexity index is 504. The number of rotatable bonds is 5. The first-order chi connectivity index (χ1) is 8.43. The van der Waals surface area contributed by atoms with Crippen molar-refractivity contribution in [3.63, 3.8) is 0 Å². The zero-order valence-corrected chi connectivity index (χ0v) is 9.94. The maximum absolute atomic E-state index is 11.7. The largest absolute Gasteiger partial charge is 0.370 e. The molecule has 0 saturated carbocycles. The molecular formula is C10H10ClN3O4. The zero-order chi connectivity index (χ0) is 13.7. The number of para-hydroxylation sites is 1. The number of primary amides is 1. The molecule has 7 nitrogen and oxygen atoms in total. The molecule has 1 aromatic rings. The van der Waals surface area contributed by atoms with E-state index in [0.717, 1.165) is 0 Å². The number of nitrogens with two attached hydrogens (primary N) is 1. The Morgan fingerprint density at radius 1 is 1.44 bits per heavy atom. The Morgan fingerprint density at radius 2 is 2.11 bits per heavy atom. The van der Waals surface area contributed by atoms with E-state index in [0.29, 0.717) is 0 Å². The lowest BCUT2D eigenvalue weighted by molar-refractivity contribution is -0.385. The van der Waals surface area contributed by atoms with Crippen molar-refractivity contribution in [1.29, 1.82) is 0 Å². The lowest BCUT2D eigenvalue weighted by Gasteiger charge is -2.05. The highest BCUT2D eigenvalue weighted by molar-refractivity contribution is 6.33. The van der Waals surface area contributed by atoms with Gasteiger partial charge in [-0.25, -0.2) is 0 Å². The molecule has 18 heavy (non-hydrogen) atoms. The number of nitrogens with zero attached hydrogens (tertiary/aromatic N) is 1. The van der Waals surface area contributed by atoms with Crippen molar-refractivity contribution in [3.8, 4) is 0 Å². The number of nitro groups is 1. The Labute approximate surface area is 107 Å². The molecule has 0 spiro atoms. The van der Waals surface area contributed by atoms with Crippen LogP contribution in [0, 0.1) is 10.1 Å². The molecule has 0 unspecified atom stereocenters. The Morgan fingerprint density at radius 3 is 2.67 bits per heavy atom. The number of hydrogen-bond acceptors (Lipinski definition) is 4. The third kappa shape index (κ3) is 3.42. The van der Waals surface area contributed by atoms with Crippen LogP contribution in [0.5, 0.6) is 0 Å². The molecule has 8 heteroatoms. The molecule has 96 valence electrons. The molecule has 0 heterocycles. The molecule has 0 aliphatic rings. The molecule has 0 radical (unpaired) electrons. The molecular weight excluding hydrogens is 262 g/mol. The Balaban J connectivity index is 2.89. The fourth-order valence-corrected chi connectivity index (χ4v) is 1.52. The van der Waals surface area contributed by atoms with E-state index in [4.69, 9.17) is 17.3 Å². The summed E-state index contributed by atoms with van der Waals surface area (Å²) >= 11 is 5.66. The Kier molecular flexibility index (Phi) is 4.61. The molecule has 0 saturated heterocycles. The van der Waals surface area contributed by atoms with Gasteiger partial charge in [0.2, 0.25) is 5.91 Å². The number of nitro benzene ring substituents is 1. The molecule has 0 fully saturated rings. The third-order valence-electron chi connectivity index (χ3n) is 2.07. The molecule has 2 amide bonds. The second-order valence-electron chi connectivity index (χ2n) is 3.37. The van der Waals surface area contributed by atoms with Crippen molar-refractivity contribution in [2.45, 2.75) is 6.42 Å². The summed E-state index contributed by atoms with van der Waals surface area (Å²) in [6.07, 6.45) is -0.0416. The zero-order valence-electron chi connectivity index (χ0n) is 9.18. The van der Waals surface area contributed by atoms with Crippen LogP contribution in [0.4, 0.5) is 5.69 Å². The fourth-order valence-electron chi connectivity index (χ4n) is 1.28. The van der Waals surface area contributed by atoms with Gasteiger partial charge in [0, 0.05) is 13.0 Å². The van der Waals surface area contributed by atoms with Crippen LogP contribution >= 0.6 is 11.6 Å². The van der Waals surface area contributed by atoms with Crippen molar-refractivity contribution in [2.24, 2.45) is 5.73 Å². The summed E-state index contributed by atoms with van der Waals surface area (Å²) in [7, 11) is 0. The molecule has 0 aromatic heterocycles. The monoisotopic (exact) mass is 271 g/mol. The van der Waals surface area contributed by atoms with Gasteiger partial charge in [0.05, 0.1) is 4.92 Å². The predicted molar refractivity (Wildman–Crippen MR) is 64.3 cm³/mol. The highest BCUT2D eigenvalue weighted by atomic mass is 35.5. The van der Waals surface area contributed by atoms with Crippen molar-refractivity contribution < 1.29 is 14.5 Å². The van der Waals surface area contributed by atoms with Crippen molar-refractivity contribution in [3.05, 3.63) is 38.9 Å². The van der Waals surface area contributed by atoms with Crippen LogP contribution in [0.3, 0.4) is 0 Å². The van der Waals surface area contributed by atoms with E-state index in [9.17, 15) is 19.7 Å². The number of nitrogens with one attached hydrogen (secondary N) is 1. The smallest absolute Gasteiger partial charge is 0.300 e. The molecule has 0 aliphatic carbocycles.